The van der Waals surface area contributed by atoms with Crippen molar-refractivity contribution < 1.29 is 24.1 Å². The summed E-state index contributed by atoms with van der Waals surface area (Å²) in [4.78, 5) is 12.0. The third-order valence-corrected chi connectivity index (χ3v) is 2.49. The number of hydrogen-bond acceptors (Lipinski definition) is 5. The van der Waals surface area contributed by atoms with E-state index in [4.69, 9.17) is 14.2 Å². The lowest BCUT2D eigenvalue weighted by atomic mass is 10.2. The molecule has 5 nitrogen and oxygen atoms in total. The molecular formula is C14H20O5. The van der Waals surface area contributed by atoms with Crippen LogP contribution in [0.3, 0.4) is 0 Å². The monoisotopic (exact) mass is 268 g/mol. The molecule has 0 saturated carbocycles. The number of aliphatic hydroxyl groups is 1. The predicted octanol–water partition coefficient (Wildman–Crippen LogP) is 1.49. The standard InChI is InChI=1S/C14H20O5/c1-3-18-14(11-15,19-4-2)13(16)17-10-12-8-6-5-7-9-12/h5-9,15H,3-4,10-11H2,1-2H3. The highest BCUT2D eigenvalue weighted by molar-refractivity contribution is 5.78. The van der Waals surface area contributed by atoms with Crippen LogP contribution in [0.25, 0.3) is 0 Å². The Hall–Kier alpha value is -1.43. The first-order valence-electron chi connectivity index (χ1n) is 6.28. The number of hydrogen-bond donors (Lipinski definition) is 1. The summed E-state index contributed by atoms with van der Waals surface area (Å²) in [6.07, 6.45) is 0. The third kappa shape index (κ3) is 4.31. The van der Waals surface area contributed by atoms with E-state index in [0.717, 1.165) is 5.56 Å². The molecule has 0 amide bonds. The molecule has 0 spiro atoms. The van der Waals surface area contributed by atoms with Crippen molar-refractivity contribution in [2.45, 2.75) is 26.2 Å². The number of esters is 1. The van der Waals surface area contributed by atoms with E-state index in [-0.39, 0.29) is 19.8 Å². The maximum absolute atomic E-state index is 12.0. The normalized spacial score (nSPS) is 11.3. The average molecular weight is 268 g/mol. The highest BCUT2D eigenvalue weighted by Gasteiger charge is 2.42. The van der Waals surface area contributed by atoms with Crippen LogP contribution in [0.15, 0.2) is 30.3 Å². The summed E-state index contributed by atoms with van der Waals surface area (Å²) in [5, 5.41) is 9.36. The van der Waals surface area contributed by atoms with Crippen molar-refractivity contribution >= 4 is 5.97 Å². The van der Waals surface area contributed by atoms with Gasteiger partial charge >= 0.3 is 5.97 Å². The number of carbonyl (C=O) groups excluding carboxylic acids is 1. The lowest BCUT2D eigenvalue weighted by molar-refractivity contribution is -0.258. The van der Waals surface area contributed by atoms with Crippen LogP contribution in [0.1, 0.15) is 19.4 Å². The molecule has 0 heterocycles. The minimum absolute atomic E-state index is 0.113. The van der Waals surface area contributed by atoms with E-state index in [9.17, 15) is 9.90 Å². The summed E-state index contributed by atoms with van der Waals surface area (Å²) in [5.74, 6) is -2.44. The van der Waals surface area contributed by atoms with Gasteiger partial charge in [-0.3, -0.25) is 0 Å². The van der Waals surface area contributed by atoms with Crippen molar-refractivity contribution in [3.63, 3.8) is 0 Å². The minimum atomic E-state index is -1.72. The smallest absolute Gasteiger partial charge is 0.369 e. The SMILES string of the molecule is CCOC(CO)(OCC)C(=O)OCc1ccccc1. The fourth-order valence-corrected chi connectivity index (χ4v) is 1.61. The molecule has 0 saturated heterocycles. The molecule has 1 aromatic carbocycles. The third-order valence-electron chi connectivity index (χ3n) is 2.49. The minimum Gasteiger partial charge on any atom is -0.457 e. The molecule has 0 aromatic heterocycles. The van der Waals surface area contributed by atoms with Crippen molar-refractivity contribution in [1.29, 1.82) is 0 Å². The maximum atomic E-state index is 12.0. The number of benzene rings is 1. The van der Waals surface area contributed by atoms with Gasteiger partial charge in [0.15, 0.2) is 0 Å². The summed E-state index contributed by atoms with van der Waals surface area (Å²) < 4.78 is 15.6. The first-order valence-corrected chi connectivity index (χ1v) is 6.28. The Morgan fingerprint density at radius 2 is 1.74 bits per heavy atom. The molecule has 106 valence electrons. The van der Waals surface area contributed by atoms with E-state index in [1.165, 1.54) is 0 Å². The second-order valence-electron chi connectivity index (χ2n) is 3.84. The second kappa shape index (κ2) is 7.89. The number of ether oxygens (including phenoxy) is 3. The van der Waals surface area contributed by atoms with Gasteiger partial charge in [0, 0.05) is 13.2 Å². The van der Waals surface area contributed by atoms with Crippen LogP contribution in [-0.4, -0.2) is 36.7 Å². The number of rotatable bonds is 8. The van der Waals surface area contributed by atoms with Gasteiger partial charge in [-0.2, -0.15) is 0 Å². The zero-order chi connectivity index (χ0) is 14.1. The Labute approximate surface area is 113 Å². The van der Waals surface area contributed by atoms with Gasteiger partial charge in [0.05, 0.1) is 0 Å². The fourth-order valence-electron chi connectivity index (χ4n) is 1.61. The van der Waals surface area contributed by atoms with E-state index in [2.05, 4.69) is 0 Å². The lowest BCUT2D eigenvalue weighted by Gasteiger charge is -2.28. The van der Waals surface area contributed by atoms with Crippen LogP contribution in [0, 0.1) is 0 Å². The van der Waals surface area contributed by atoms with E-state index in [1.807, 2.05) is 30.3 Å². The number of carbonyl (C=O) groups is 1. The molecule has 0 atom stereocenters. The molecule has 0 radical (unpaired) electrons. The Morgan fingerprint density at radius 3 is 2.21 bits per heavy atom. The Kier molecular flexibility index (Phi) is 6.49. The van der Waals surface area contributed by atoms with Crippen molar-refractivity contribution in [2.24, 2.45) is 0 Å². The van der Waals surface area contributed by atoms with Crippen LogP contribution in [0.4, 0.5) is 0 Å². The molecule has 1 N–H and O–H groups in total. The van der Waals surface area contributed by atoms with Gasteiger partial charge in [-0.1, -0.05) is 30.3 Å². The Bertz CT molecular complexity index is 371. The van der Waals surface area contributed by atoms with Gasteiger partial charge in [0.1, 0.15) is 13.2 Å². The Morgan fingerprint density at radius 1 is 1.16 bits per heavy atom. The summed E-state index contributed by atoms with van der Waals surface area (Å²) in [7, 11) is 0. The summed E-state index contributed by atoms with van der Waals surface area (Å²) in [6, 6.07) is 9.27. The molecule has 0 bridgehead atoms. The van der Waals surface area contributed by atoms with Gasteiger partial charge in [0.25, 0.3) is 5.79 Å². The maximum Gasteiger partial charge on any atom is 0.369 e. The first-order chi connectivity index (χ1) is 9.18. The second-order valence-corrected chi connectivity index (χ2v) is 3.84. The van der Waals surface area contributed by atoms with Crippen molar-refractivity contribution in [3.05, 3.63) is 35.9 Å². The molecule has 5 heteroatoms. The molecule has 0 aliphatic heterocycles. The van der Waals surface area contributed by atoms with Gasteiger partial charge < -0.3 is 19.3 Å². The Balaban J connectivity index is 2.66. The van der Waals surface area contributed by atoms with Crippen LogP contribution < -0.4 is 0 Å². The van der Waals surface area contributed by atoms with Crippen molar-refractivity contribution in [1.82, 2.24) is 0 Å². The summed E-state index contributed by atoms with van der Waals surface area (Å²) in [6.45, 7) is 3.44. The highest BCUT2D eigenvalue weighted by atomic mass is 16.7. The molecular weight excluding hydrogens is 248 g/mol. The quantitative estimate of drug-likeness (QED) is 0.571. The summed E-state index contributed by atoms with van der Waals surface area (Å²) >= 11 is 0. The van der Waals surface area contributed by atoms with Gasteiger partial charge in [-0.15, -0.1) is 0 Å². The summed E-state index contributed by atoms with van der Waals surface area (Å²) in [5.41, 5.74) is 0.857. The fraction of sp³-hybridized carbons (Fsp3) is 0.500. The lowest BCUT2D eigenvalue weighted by Crippen LogP contribution is -2.49. The molecule has 0 aliphatic carbocycles. The van der Waals surface area contributed by atoms with E-state index < -0.39 is 18.4 Å². The van der Waals surface area contributed by atoms with E-state index >= 15 is 0 Å². The zero-order valence-corrected chi connectivity index (χ0v) is 11.3. The van der Waals surface area contributed by atoms with Gasteiger partial charge in [0.2, 0.25) is 0 Å². The number of aliphatic hydroxyl groups excluding tert-OH is 1. The topological polar surface area (TPSA) is 65.0 Å². The molecule has 1 rings (SSSR count). The van der Waals surface area contributed by atoms with E-state index in [0.29, 0.717) is 0 Å². The first kappa shape index (κ1) is 15.6. The molecule has 1 aromatic rings. The van der Waals surface area contributed by atoms with E-state index in [1.54, 1.807) is 13.8 Å². The van der Waals surface area contributed by atoms with Gasteiger partial charge in [-0.25, -0.2) is 4.79 Å². The largest absolute Gasteiger partial charge is 0.457 e. The molecule has 0 aliphatic rings. The molecule has 0 fully saturated rings. The van der Waals surface area contributed by atoms with Crippen molar-refractivity contribution in [3.8, 4) is 0 Å². The van der Waals surface area contributed by atoms with Crippen LogP contribution in [-0.2, 0) is 25.6 Å². The molecule has 19 heavy (non-hydrogen) atoms. The predicted molar refractivity (Wildman–Crippen MR) is 69.3 cm³/mol. The molecule has 0 unspecified atom stereocenters. The average Bonchev–Trinajstić information content (AvgIpc) is 2.45. The van der Waals surface area contributed by atoms with Gasteiger partial charge in [-0.05, 0) is 19.4 Å². The van der Waals surface area contributed by atoms with Crippen LogP contribution in [0.5, 0.6) is 0 Å². The zero-order valence-electron chi connectivity index (χ0n) is 11.3. The van der Waals surface area contributed by atoms with Crippen LogP contribution in [0.2, 0.25) is 0 Å². The van der Waals surface area contributed by atoms with Crippen molar-refractivity contribution in [2.75, 3.05) is 19.8 Å². The highest BCUT2D eigenvalue weighted by Crippen LogP contribution is 2.16. The van der Waals surface area contributed by atoms with Crippen LogP contribution >= 0.6 is 0 Å².